The molecule has 1 atom stereocenters. The minimum Gasteiger partial charge on any atom is -0.396 e. The van der Waals surface area contributed by atoms with Gasteiger partial charge >= 0.3 is 8.56 Å². The Hall–Kier alpha value is 0.0569. The van der Waals surface area contributed by atoms with Gasteiger partial charge in [0.15, 0.2) is 0 Å². The quantitative estimate of drug-likeness (QED) is 0.677. The summed E-state index contributed by atoms with van der Waals surface area (Å²) >= 11 is 0. The number of likely N-dealkylation sites (tertiary alicyclic amines) is 1. The van der Waals surface area contributed by atoms with E-state index >= 15 is 0 Å². The van der Waals surface area contributed by atoms with Crippen LogP contribution >= 0.6 is 0 Å². The van der Waals surface area contributed by atoms with Crippen LogP contribution in [0.15, 0.2) is 0 Å². The number of hydrogen-bond acceptors (Lipinski definition) is 4. The number of hydrogen-bond donors (Lipinski definition) is 0. The summed E-state index contributed by atoms with van der Waals surface area (Å²) in [5.74, 6) is 0. The first kappa shape index (κ1) is 16.4. The molecule has 0 bridgehead atoms. The third kappa shape index (κ3) is 3.12. The SMILES string of the molecule is COC1(CCCN2CCCC2)CCCC[Si]1(OC)OC. The maximum absolute atomic E-state index is 6.03. The molecule has 4 nitrogen and oxygen atoms in total. The normalized spacial score (nSPS) is 30.8. The van der Waals surface area contributed by atoms with E-state index < -0.39 is 8.56 Å². The third-order valence-corrected chi connectivity index (χ3v) is 9.76. The van der Waals surface area contributed by atoms with Crippen molar-refractivity contribution in [3.05, 3.63) is 0 Å². The van der Waals surface area contributed by atoms with Crippen LogP contribution < -0.4 is 0 Å². The van der Waals surface area contributed by atoms with Crippen molar-refractivity contribution in [2.75, 3.05) is 41.0 Å². The molecule has 0 aromatic heterocycles. The highest BCUT2D eigenvalue weighted by Crippen LogP contribution is 2.42. The van der Waals surface area contributed by atoms with E-state index in [1.807, 2.05) is 21.3 Å². The van der Waals surface area contributed by atoms with Crippen LogP contribution in [-0.4, -0.2) is 59.6 Å². The fourth-order valence-corrected chi connectivity index (χ4v) is 8.03. The molecule has 0 aliphatic carbocycles. The standard InChI is InChI=1S/C15H31NO3Si/c1-17-15(10-8-13-16-11-5-6-12-16)9-4-7-14-20(15,18-2)19-3/h4-14H2,1-3H3. The van der Waals surface area contributed by atoms with Crippen LogP contribution in [0.4, 0.5) is 0 Å². The lowest BCUT2D eigenvalue weighted by Crippen LogP contribution is -2.64. The van der Waals surface area contributed by atoms with Crippen molar-refractivity contribution in [3.8, 4) is 0 Å². The molecule has 2 rings (SSSR count). The highest BCUT2D eigenvalue weighted by atomic mass is 28.4. The number of rotatable bonds is 7. The second-order valence-electron chi connectivity index (χ2n) is 6.22. The minimum absolute atomic E-state index is 0.144. The van der Waals surface area contributed by atoms with Crippen molar-refractivity contribution >= 4 is 8.56 Å². The molecule has 0 amide bonds. The lowest BCUT2D eigenvalue weighted by atomic mass is 10.1. The highest BCUT2D eigenvalue weighted by Gasteiger charge is 2.58. The second-order valence-corrected chi connectivity index (χ2v) is 9.95. The van der Waals surface area contributed by atoms with Gasteiger partial charge in [0, 0.05) is 21.3 Å². The van der Waals surface area contributed by atoms with Gasteiger partial charge in [-0.25, -0.2) is 0 Å². The van der Waals surface area contributed by atoms with Gasteiger partial charge in [-0.1, -0.05) is 12.8 Å². The van der Waals surface area contributed by atoms with Crippen LogP contribution in [0.1, 0.15) is 44.9 Å². The van der Waals surface area contributed by atoms with Crippen LogP contribution in [0.5, 0.6) is 0 Å². The van der Waals surface area contributed by atoms with E-state index in [9.17, 15) is 0 Å². The first-order valence-corrected chi connectivity index (χ1v) is 10.1. The van der Waals surface area contributed by atoms with E-state index in [0.29, 0.717) is 0 Å². The van der Waals surface area contributed by atoms with Gasteiger partial charge in [-0.15, -0.1) is 0 Å². The van der Waals surface area contributed by atoms with Crippen LogP contribution in [-0.2, 0) is 13.6 Å². The molecule has 0 radical (unpaired) electrons. The Morgan fingerprint density at radius 2 is 1.70 bits per heavy atom. The summed E-state index contributed by atoms with van der Waals surface area (Å²) in [5.41, 5.74) is 0. The Morgan fingerprint density at radius 1 is 1.00 bits per heavy atom. The van der Waals surface area contributed by atoms with E-state index in [0.717, 1.165) is 18.9 Å². The van der Waals surface area contributed by atoms with Crippen molar-refractivity contribution in [3.63, 3.8) is 0 Å². The smallest absolute Gasteiger partial charge is 0.370 e. The summed E-state index contributed by atoms with van der Waals surface area (Å²) in [6.07, 6.45) is 8.54. The molecule has 0 N–H and O–H groups in total. The average Bonchev–Trinajstić information content (AvgIpc) is 3.01. The van der Waals surface area contributed by atoms with Crippen LogP contribution in [0, 0.1) is 0 Å². The van der Waals surface area contributed by atoms with E-state index in [-0.39, 0.29) is 5.22 Å². The van der Waals surface area contributed by atoms with Crippen LogP contribution in [0.3, 0.4) is 0 Å². The van der Waals surface area contributed by atoms with Gasteiger partial charge in [0.1, 0.15) is 5.22 Å². The first-order valence-electron chi connectivity index (χ1n) is 8.10. The molecular formula is C15H31NO3Si. The monoisotopic (exact) mass is 301 g/mol. The molecule has 1 unspecified atom stereocenters. The largest absolute Gasteiger partial charge is 0.396 e. The molecule has 118 valence electrons. The Balaban J connectivity index is 1.97. The maximum atomic E-state index is 6.03. The summed E-state index contributed by atoms with van der Waals surface area (Å²) in [5, 5.41) is -0.144. The zero-order valence-corrected chi connectivity index (χ0v) is 14.5. The van der Waals surface area contributed by atoms with Crippen molar-refractivity contribution in [1.29, 1.82) is 0 Å². The molecular weight excluding hydrogens is 270 g/mol. The Bertz CT molecular complexity index is 293. The molecule has 5 heteroatoms. The highest BCUT2D eigenvalue weighted by molar-refractivity contribution is 6.70. The second kappa shape index (κ2) is 7.36. The molecule has 20 heavy (non-hydrogen) atoms. The predicted molar refractivity (Wildman–Crippen MR) is 83.1 cm³/mol. The zero-order chi connectivity index (χ0) is 14.5. The fraction of sp³-hybridized carbons (Fsp3) is 1.00. The Kier molecular flexibility index (Phi) is 6.04. The summed E-state index contributed by atoms with van der Waals surface area (Å²) < 4.78 is 17.9. The van der Waals surface area contributed by atoms with Gasteiger partial charge in [0.2, 0.25) is 0 Å². The van der Waals surface area contributed by atoms with Gasteiger partial charge in [-0.05, 0) is 57.8 Å². The van der Waals surface area contributed by atoms with Gasteiger partial charge in [0.25, 0.3) is 0 Å². The molecule has 2 saturated heterocycles. The molecule has 0 aromatic carbocycles. The van der Waals surface area contributed by atoms with Gasteiger partial charge in [0.05, 0.1) is 0 Å². The molecule has 2 heterocycles. The molecule has 0 saturated carbocycles. The van der Waals surface area contributed by atoms with E-state index in [2.05, 4.69) is 4.90 Å². The maximum Gasteiger partial charge on any atom is 0.370 e. The summed E-state index contributed by atoms with van der Waals surface area (Å²) in [6.45, 7) is 3.75. The van der Waals surface area contributed by atoms with E-state index in [4.69, 9.17) is 13.6 Å². The average molecular weight is 302 g/mol. The van der Waals surface area contributed by atoms with Crippen LogP contribution in [0.25, 0.3) is 0 Å². The van der Waals surface area contributed by atoms with Crippen molar-refractivity contribution in [2.24, 2.45) is 0 Å². The number of methoxy groups -OCH3 is 1. The van der Waals surface area contributed by atoms with Gasteiger partial charge < -0.3 is 18.5 Å². The van der Waals surface area contributed by atoms with Gasteiger partial charge in [-0.2, -0.15) is 0 Å². The minimum atomic E-state index is -2.23. The summed E-state index contributed by atoms with van der Waals surface area (Å²) in [6, 6.07) is 1.07. The molecule has 2 aliphatic heterocycles. The first-order chi connectivity index (χ1) is 9.72. The van der Waals surface area contributed by atoms with Crippen LogP contribution in [0.2, 0.25) is 6.04 Å². The Labute approximate surface area is 125 Å². The van der Waals surface area contributed by atoms with E-state index in [1.165, 1.54) is 51.7 Å². The van der Waals surface area contributed by atoms with Crippen molar-refractivity contribution in [1.82, 2.24) is 4.90 Å². The molecule has 2 fully saturated rings. The zero-order valence-electron chi connectivity index (χ0n) is 13.5. The lowest BCUT2D eigenvalue weighted by Gasteiger charge is -2.48. The summed E-state index contributed by atoms with van der Waals surface area (Å²) in [7, 11) is 3.25. The van der Waals surface area contributed by atoms with Gasteiger partial charge in [-0.3, -0.25) is 0 Å². The molecule has 0 spiro atoms. The third-order valence-electron chi connectivity index (χ3n) is 5.33. The number of nitrogens with zero attached hydrogens (tertiary/aromatic N) is 1. The molecule has 0 aromatic rings. The Morgan fingerprint density at radius 3 is 2.30 bits per heavy atom. The number of ether oxygens (including phenoxy) is 1. The van der Waals surface area contributed by atoms with Crippen molar-refractivity contribution in [2.45, 2.75) is 56.2 Å². The predicted octanol–water partition coefficient (Wildman–Crippen LogP) is 2.71. The molecule has 2 aliphatic rings. The topological polar surface area (TPSA) is 30.9 Å². The van der Waals surface area contributed by atoms with Crippen molar-refractivity contribution < 1.29 is 13.6 Å². The lowest BCUT2D eigenvalue weighted by molar-refractivity contribution is -0.0168. The van der Waals surface area contributed by atoms with E-state index in [1.54, 1.807) is 0 Å². The summed E-state index contributed by atoms with van der Waals surface area (Å²) in [4.78, 5) is 2.58. The fourth-order valence-electron chi connectivity index (χ4n) is 4.12.